The second kappa shape index (κ2) is 8.30. The molecule has 2 aromatic carbocycles. The van der Waals surface area contributed by atoms with Crippen LogP contribution in [0.2, 0.25) is 0 Å². The van der Waals surface area contributed by atoms with Crippen molar-refractivity contribution in [3.8, 4) is 0 Å². The minimum atomic E-state index is -3.83. The van der Waals surface area contributed by atoms with Crippen LogP contribution in [0.4, 0.5) is 5.69 Å². The third kappa shape index (κ3) is 4.08. The van der Waals surface area contributed by atoms with Crippen LogP contribution < -0.4 is 4.90 Å². The number of benzene rings is 2. The molecule has 30 heavy (non-hydrogen) atoms. The fraction of sp³-hybridized carbons (Fsp3) is 0.0870. The fourth-order valence-electron chi connectivity index (χ4n) is 2.99. The maximum Gasteiger partial charge on any atom is 0.294 e. The van der Waals surface area contributed by atoms with Gasteiger partial charge in [-0.15, -0.1) is 11.3 Å². The highest BCUT2D eigenvalue weighted by atomic mass is 32.2. The number of carbonyl (C=O) groups is 1. The molecule has 0 radical (unpaired) electrons. The van der Waals surface area contributed by atoms with Crippen molar-refractivity contribution in [2.24, 2.45) is 0 Å². The van der Waals surface area contributed by atoms with Crippen LogP contribution in [0.5, 0.6) is 0 Å². The Morgan fingerprint density at radius 2 is 1.67 bits per heavy atom. The van der Waals surface area contributed by atoms with Gasteiger partial charge >= 0.3 is 0 Å². The fourth-order valence-corrected chi connectivity index (χ4v) is 4.88. The number of furan rings is 1. The molecule has 0 unspecified atom stereocenters. The number of anilines is 1. The van der Waals surface area contributed by atoms with E-state index in [-0.39, 0.29) is 15.7 Å². The molecule has 4 rings (SSSR count). The van der Waals surface area contributed by atoms with E-state index in [1.807, 2.05) is 48.7 Å². The van der Waals surface area contributed by atoms with Crippen molar-refractivity contribution in [3.63, 3.8) is 0 Å². The van der Waals surface area contributed by atoms with E-state index in [2.05, 4.69) is 0 Å². The van der Waals surface area contributed by atoms with E-state index in [0.29, 0.717) is 12.2 Å². The van der Waals surface area contributed by atoms with Crippen LogP contribution in [0.15, 0.2) is 98.6 Å². The number of carbonyl (C=O) groups excluding carboxylic acids is 1. The highest BCUT2D eigenvalue weighted by Crippen LogP contribution is 2.26. The van der Waals surface area contributed by atoms with Gasteiger partial charge in [0.25, 0.3) is 5.91 Å². The number of hydrogen-bond acceptors (Lipinski definition) is 5. The van der Waals surface area contributed by atoms with E-state index in [0.717, 1.165) is 10.4 Å². The highest BCUT2D eigenvalue weighted by Gasteiger charge is 2.26. The Morgan fingerprint density at radius 3 is 2.33 bits per heavy atom. The minimum absolute atomic E-state index is 0.0263. The van der Waals surface area contributed by atoms with Crippen molar-refractivity contribution in [2.45, 2.75) is 23.5 Å². The van der Waals surface area contributed by atoms with Gasteiger partial charge in [0.1, 0.15) is 0 Å². The topological polar surface area (TPSA) is 67.6 Å². The first-order chi connectivity index (χ1) is 14.4. The summed E-state index contributed by atoms with van der Waals surface area (Å²) in [5.41, 5.74) is 1.79. The molecule has 5 nitrogen and oxygen atoms in total. The third-order valence-electron chi connectivity index (χ3n) is 4.60. The number of nitrogens with zero attached hydrogens (tertiary/aromatic N) is 1. The predicted octanol–water partition coefficient (Wildman–Crippen LogP) is 5.33. The van der Waals surface area contributed by atoms with Crippen molar-refractivity contribution in [2.75, 3.05) is 4.90 Å². The molecule has 0 aliphatic carbocycles. The predicted molar refractivity (Wildman–Crippen MR) is 117 cm³/mol. The average molecular weight is 438 g/mol. The molecule has 0 saturated carbocycles. The van der Waals surface area contributed by atoms with Crippen molar-refractivity contribution in [1.29, 1.82) is 0 Å². The largest absolute Gasteiger partial charge is 0.439 e. The third-order valence-corrected chi connectivity index (χ3v) is 7.10. The Kier molecular flexibility index (Phi) is 5.57. The van der Waals surface area contributed by atoms with Crippen LogP contribution in [-0.2, 0) is 16.4 Å². The molecular formula is C23H19NO4S2. The summed E-state index contributed by atoms with van der Waals surface area (Å²) < 4.78 is 31.1. The molecule has 1 amide bonds. The quantitative estimate of drug-likeness (QED) is 0.409. The standard InChI is InChI=1S/C23H19NO4S2/c1-17-9-11-18(12-10-17)24(16-19-6-5-15-29-19)23(25)21-13-14-22(28-21)30(26,27)20-7-3-2-4-8-20/h2-15H,16H2,1H3. The van der Waals surface area contributed by atoms with Crippen molar-refractivity contribution in [1.82, 2.24) is 0 Å². The number of aryl methyl sites for hydroxylation is 1. The summed E-state index contributed by atoms with van der Waals surface area (Å²) in [7, 11) is -3.83. The molecule has 0 bridgehead atoms. The molecule has 0 fully saturated rings. The van der Waals surface area contributed by atoms with Crippen LogP contribution in [0.25, 0.3) is 0 Å². The molecule has 0 spiro atoms. The van der Waals surface area contributed by atoms with E-state index in [1.165, 1.54) is 24.3 Å². The van der Waals surface area contributed by atoms with Gasteiger partial charge in [-0.2, -0.15) is 0 Å². The van der Waals surface area contributed by atoms with E-state index in [1.54, 1.807) is 34.4 Å². The maximum absolute atomic E-state index is 13.3. The Balaban J connectivity index is 1.68. The number of thiophene rings is 1. The van der Waals surface area contributed by atoms with Crippen molar-refractivity contribution in [3.05, 3.63) is 100 Å². The van der Waals surface area contributed by atoms with E-state index >= 15 is 0 Å². The van der Waals surface area contributed by atoms with Gasteiger partial charge in [-0.25, -0.2) is 8.42 Å². The van der Waals surface area contributed by atoms with E-state index in [4.69, 9.17) is 4.42 Å². The summed E-state index contributed by atoms with van der Waals surface area (Å²) in [6.45, 7) is 2.34. The first kappa shape index (κ1) is 20.1. The van der Waals surface area contributed by atoms with Gasteiger partial charge in [-0.05, 0) is 54.8 Å². The lowest BCUT2D eigenvalue weighted by molar-refractivity contribution is 0.0953. The second-order valence-corrected chi connectivity index (χ2v) is 9.65. The molecule has 2 aromatic heterocycles. The molecule has 2 heterocycles. The van der Waals surface area contributed by atoms with Gasteiger partial charge in [0, 0.05) is 10.6 Å². The van der Waals surface area contributed by atoms with Crippen LogP contribution in [0, 0.1) is 6.92 Å². The zero-order valence-electron chi connectivity index (χ0n) is 16.2. The van der Waals surface area contributed by atoms with Gasteiger partial charge in [-0.1, -0.05) is 42.0 Å². The van der Waals surface area contributed by atoms with Gasteiger partial charge in [0.05, 0.1) is 11.4 Å². The summed E-state index contributed by atoms with van der Waals surface area (Å²) >= 11 is 1.55. The van der Waals surface area contributed by atoms with Crippen molar-refractivity contribution < 1.29 is 17.6 Å². The van der Waals surface area contributed by atoms with E-state index in [9.17, 15) is 13.2 Å². The Morgan fingerprint density at radius 1 is 0.933 bits per heavy atom. The summed E-state index contributed by atoms with van der Waals surface area (Å²) in [6, 6.07) is 22.2. The first-order valence-corrected chi connectivity index (χ1v) is 11.6. The number of amides is 1. The molecule has 0 aliphatic rings. The molecule has 0 saturated heterocycles. The van der Waals surface area contributed by atoms with Gasteiger partial charge in [0.2, 0.25) is 14.9 Å². The normalized spacial score (nSPS) is 11.4. The molecule has 0 N–H and O–H groups in total. The average Bonchev–Trinajstić information content (AvgIpc) is 3.45. The van der Waals surface area contributed by atoms with Crippen LogP contribution in [-0.4, -0.2) is 14.3 Å². The lowest BCUT2D eigenvalue weighted by Gasteiger charge is -2.21. The van der Waals surface area contributed by atoms with Crippen LogP contribution >= 0.6 is 11.3 Å². The smallest absolute Gasteiger partial charge is 0.294 e. The minimum Gasteiger partial charge on any atom is -0.439 e. The monoisotopic (exact) mass is 437 g/mol. The van der Waals surface area contributed by atoms with Gasteiger partial charge in [0.15, 0.2) is 5.76 Å². The molecule has 4 aromatic rings. The van der Waals surface area contributed by atoms with Crippen molar-refractivity contribution >= 4 is 32.8 Å². The summed E-state index contributed by atoms with van der Waals surface area (Å²) in [5, 5.41) is 1.70. The van der Waals surface area contributed by atoms with E-state index < -0.39 is 15.7 Å². The molecule has 0 aliphatic heterocycles. The maximum atomic E-state index is 13.3. The second-order valence-electron chi connectivity index (χ2n) is 6.74. The summed E-state index contributed by atoms with van der Waals surface area (Å²) in [5.74, 6) is -0.427. The number of rotatable bonds is 6. The van der Waals surface area contributed by atoms with Gasteiger partial charge in [-0.3, -0.25) is 4.79 Å². The Bertz CT molecular complexity index is 1240. The zero-order chi connectivity index (χ0) is 21.1. The molecule has 152 valence electrons. The van der Waals surface area contributed by atoms with Crippen LogP contribution in [0.1, 0.15) is 21.0 Å². The Labute approximate surface area is 179 Å². The first-order valence-electron chi connectivity index (χ1n) is 9.26. The van der Waals surface area contributed by atoms with Crippen LogP contribution in [0.3, 0.4) is 0 Å². The number of sulfone groups is 1. The lowest BCUT2D eigenvalue weighted by atomic mass is 10.2. The highest BCUT2D eigenvalue weighted by molar-refractivity contribution is 7.91. The molecule has 7 heteroatoms. The number of hydrogen-bond donors (Lipinski definition) is 0. The zero-order valence-corrected chi connectivity index (χ0v) is 17.8. The van der Waals surface area contributed by atoms with Gasteiger partial charge < -0.3 is 9.32 Å². The summed E-state index contributed by atoms with van der Waals surface area (Å²) in [6.07, 6.45) is 0. The summed E-state index contributed by atoms with van der Waals surface area (Å²) in [4.78, 5) is 16.0. The molecule has 0 atom stereocenters. The molecular weight excluding hydrogens is 418 g/mol. The Hall–Kier alpha value is -3.16. The lowest BCUT2D eigenvalue weighted by Crippen LogP contribution is -2.29. The SMILES string of the molecule is Cc1ccc(N(Cc2cccs2)C(=O)c2ccc(S(=O)(=O)c3ccccc3)o2)cc1.